The van der Waals surface area contributed by atoms with Gasteiger partial charge in [0, 0.05) is 18.0 Å². The molecular weight excluding hydrogens is 322 g/mol. The number of hydrogen-bond acceptors (Lipinski definition) is 3. The topological polar surface area (TPSA) is 35.0 Å². The molecule has 3 rings (SSSR count). The van der Waals surface area contributed by atoms with E-state index in [0.717, 1.165) is 11.5 Å². The smallest absolute Gasteiger partial charge is 0.387 e. The van der Waals surface area contributed by atoms with E-state index in [9.17, 15) is 8.78 Å². The molecule has 0 radical (unpaired) electrons. The molecule has 0 spiro atoms. The van der Waals surface area contributed by atoms with Crippen molar-refractivity contribution in [2.75, 3.05) is 0 Å². The maximum atomic E-state index is 12.2. The molecule has 5 heteroatoms. The highest BCUT2D eigenvalue weighted by Gasteiger charge is 2.22. The number of aromatic nitrogens is 2. The first-order valence-corrected chi connectivity index (χ1v) is 9.03. The first-order valence-electron chi connectivity index (χ1n) is 9.03. The van der Waals surface area contributed by atoms with E-state index in [4.69, 9.17) is 0 Å². The van der Waals surface area contributed by atoms with Crippen LogP contribution in [-0.4, -0.2) is 16.6 Å². The van der Waals surface area contributed by atoms with Crippen LogP contribution in [0.4, 0.5) is 8.78 Å². The number of alkyl halides is 2. The Balaban J connectivity index is 1.62. The molecule has 1 aromatic carbocycles. The molecular formula is C20H24F2N2O. The molecule has 134 valence electrons. The van der Waals surface area contributed by atoms with Crippen molar-refractivity contribution >= 4 is 0 Å². The van der Waals surface area contributed by atoms with Crippen LogP contribution >= 0.6 is 0 Å². The fourth-order valence-corrected chi connectivity index (χ4v) is 3.68. The summed E-state index contributed by atoms with van der Waals surface area (Å²) in [7, 11) is 0. The summed E-state index contributed by atoms with van der Waals surface area (Å²) in [5.41, 5.74) is 2.00. The van der Waals surface area contributed by atoms with E-state index in [1.807, 2.05) is 12.4 Å². The third-order valence-electron chi connectivity index (χ3n) is 5.02. The van der Waals surface area contributed by atoms with Crippen molar-refractivity contribution in [3.05, 3.63) is 42.2 Å². The van der Waals surface area contributed by atoms with E-state index in [1.54, 1.807) is 12.1 Å². The summed E-state index contributed by atoms with van der Waals surface area (Å²) in [5, 5.41) is 0. The quantitative estimate of drug-likeness (QED) is 0.661. The number of hydrogen-bond donors (Lipinski definition) is 0. The van der Waals surface area contributed by atoms with Gasteiger partial charge in [0.05, 0.1) is 0 Å². The average Bonchev–Trinajstić information content (AvgIpc) is 2.63. The summed E-state index contributed by atoms with van der Waals surface area (Å²) in [6.45, 7) is -0.557. The van der Waals surface area contributed by atoms with Gasteiger partial charge in [0.1, 0.15) is 5.75 Å². The fourth-order valence-electron chi connectivity index (χ4n) is 3.68. The monoisotopic (exact) mass is 346 g/mol. The normalized spacial score (nSPS) is 20.6. The van der Waals surface area contributed by atoms with E-state index in [-0.39, 0.29) is 5.75 Å². The van der Waals surface area contributed by atoms with Crippen LogP contribution in [0.2, 0.25) is 0 Å². The summed E-state index contributed by atoms with van der Waals surface area (Å²) in [5.74, 6) is 2.19. The first kappa shape index (κ1) is 17.8. The van der Waals surface area contributed by atoms with Gasteiger partial charge in [-0.3, -0.25) is 0 Å². The van der Waals surface area contributed by atoms with Crippen LogP contribution in [0.15, 0.2) is 36.7 Å². The lowest BCUT2D eigenvalue weighted by Crippen LogP contribution is -2.13. The van der Waals surface area contributed by atoms with Crippen LogP contribution in [0.1, 0.15) is 56.9 Å². The molecule has 1 fully saturated rings. The third-order valence-corrected chi connectivity index (χ3v) is 5.02. The highest BCUT2D eigenvalue weighted by Crippen LogP contribution is 2.37. The second-order valence-corrected chi connectivity index (χ2v) is 6.75. The Hall–Kier alpha value is -2.04. The van der Waals surface area contributed by atoms with E-state index in [2.05, 4.69) is 21.6 Å². The molecule has 25 heavy (non-hydrogen) atoms. The minimum Gasteiger partial charge on any atom is -0.435 e. The van der Waals surface area contributed by atoms with Gasteiger partial charge in [0.15, 0.2) is 5.82 Å². The van der Waals surface area contributed by atoms with Gasteiger partial charge in [-0.05, 0) is 67.3 Å². The average molecular weight is 346 g/mol. The molecule has 1 aliphatic rings. The van der Waals surface area contributed by atoms with E-state index >= 15 is 0 Å². The van der Waals surface area contributed by atoms with Crippen molar-refractivity contribution in [2.45, 2.75) is 58.0 Å². The Morgan fingerprint density at radius 3 is 2.24 bits per heavy atom. The second kappa shape index (κ2) is 8.37. The molecule has 0 N–H and O–H groups in total. The lowest BCUT2D eigenvalue weighted by Gasteiger charge is -2.28. The SMILES string of the molecule is CCCC1CCC(c2cnc(-c3ccc(OC(F)F)cc3)nc2)CC1. The zero-order valence-electron chi connectivity index (χ0n) is 14.5. The molecule has 1 saturated carbocycles. The van der Waals surface area contributed by atoms with Crippen molar-refractivity contribution in [1.29, 1.82) is 0 Å². The van der Waals surface area contributed by atoms with Crippen LogP contribution in [0.25, 0.3) is 11.4 Å². The predicted molar refractivity (Wildman–Crippen MR) is 93.7 cm³/mol. The van der Waals surface area contributed by atoms with E-state index in [1.165, 1.54) is 56.2 Å². The maximum absolute atomic E-state index is 12.2. The van der Waals surface area contributed by atoms with Crippen molar-refractivity contribution in [3.63, 3.8) is 0 Å². The summed E-state index contributed by atoms with van der Waals surface area (Å²) in [4.78, 5) is 8.94. The molecule has 1 aliphatic carbocycles. The van der Waals surface area contributed by atoms with Gasteiger partial charge in [-0.15, -0.1) is 0 Å². The Labute approximate surface area is 147 Å². The predicted octanol–water partition coefficient (Wildman–Crippen LogP) is 5.82. The summed E-state index contributed by atoms with van der Waals surface area (Å²) in [6, 6.07) is 6.41. The van der Waals surface area contributed by atoms with E-state index in [0.29, 0.717) is 11.7 Å². The minimum absolute atomic E-state index is 0.138. The Morgan fingerprint density at radius 2 is 1.68 bits per heavy atom. The number of nitrogens with zero attached hydrogens (tertiary/aromatic N) is 2. The van der Waals surface area contributed by atoms with Crippen LogP contribution < -0.4 is 4.74 Å². The molecule has 2 aromatic rings. The summed E-state index contributed by atoms with van der Waals surface area (Å²) < 4.78 is 28.7. The number of halogens is 2. The van der Waals surface area contributed by atoms with Crippen LogP contribution in [0.5, 0.6) is 5.75 Å². The van der Waals surface area contributed by atoms with Crippen molar-refractivity contribution < 1.29 is 13.5 Å². The van der Waals surface area contributed by atoms with Crippen molar-refractivity contribution in [2.24, 2.45) is 5.92 Å². The maximum Gasteiger partial charge on any atom is 0.387 e. The van der Waals surface area contributed by atoms with Crippen LogP contribution in [-0.2, 0) is 0 Å². The lowest BCUT2D eigenvalue weighted by atomic mass is 9.78. The van der Waals surface area contributed by atoms with Gasteiger partial charge >= 0.3 is 6.61 Å². The number of ether oxygens (including phenoxy) is 1. The Morgan fingerprint density at radius 1 is 1.04 bits per heavy atom. The molecule has 0 amide bonds. The highest BCUT2D eigenvalue weighted by atomic mass is 19.3. The Bertz CT molecular complexity index is 650. The largest absolute Gasteiger partial charge is 0.435 e. The lowest BCUT2D eigenvalue weighted by molar-refractivity contribution is -0.0498. The van der Waals surface area contributed by atoms with Gasteiger partial charge in [0.2, 0.25) is 0 Å². The van der Waals surface area contributed by atoms with Crippen molar-refractivity contribution in [1.82, 2.24) is 9.97 Å². The van der Waals surface area contributed by atoms with Gasteiger partial charge in [-0.25, -0.2) is 9.97 Å². The van der Waals surface area contributed by atoms with Gasteiger partial charge in [0.25, 0.3) is 0 Å². The minimum atomic E-state index is -2.81. The molecule has 0 bridgehead atoms. The molecule has 0 aliphatic heterocycles. The third kappa shape index (κ3) is 4.74. The van der Waals surface area contributed by atoms with E-state index < -0.39 is 6.61 Å². The molecule has 1 aromatic heterocycles. The van der Waals surface area contributed by atoms with Crippen molar-refractivity contribution in [3.8, 4) is 17.1 Å². The zero-order chi connectivity index (χ0) is 17.6. The molecule has 1 heterocycles. The number of rotatable bonds is 6. The second-order valence-electron chi connectivity index (χ2n) is 6.75. The molecule has 0 saturated heterocycles. The Kier molecular flexibility index (Phi) is 5.95. The molecule has 0 unspecified atom stereocenters. The number of benzene rings is 1. The first-order chi connectivity index (χ1) is 12.2. The van der Waals surface area contributed by atoms with Crippen LogP contribution in [0.3, 0.4) is 0 Å². The highest BCUT2D eigenvalue weighted by molar-refractivity contribution is 5.56. The zero-order valence-corrected chi connectivity index (χ0v) is 14.5. The summed E-state index contributed by atoms with van der Waals surface area (Å²) in [6.07, 6.45) is 11.5. The molecule has 0 atom stereocenters. The standard InChI is InChI=1S/C20H24F2N2O/c1-2-3-14-4-6-15(7-5-14)17-12-23-19(24-13-17)16-8-10-18(11-9-16)25-20(21)22/h8-15,20H,2-7H2,1H3. The van der Waals surface area contributed by atoms with Gasteiger partial charge in [-0.2, -0.15) is 8.78 Å². The fraction of sp³-hybridized carbons (Fsp3) is 0.500. The van der Waals surface area contributed by atoms with Gasteiger partial charge in [-0.1, -0.05) is 19.8 Å². The molecule has 3 nitrogen and oxygen atoms in total. The van der Waals surface area contributed by atoms with Gasteiger partial charge < -0.3 is 4.74 Å². The van der Waals surface area contributed by atoms with Crippen LogP contribution in [0, 0.1) is 5.92 Å². The summed E-state index contributed by atoms with van der Waals surface area (Å²) >= 11 is 0.